The smallest absolute Gasteiger partial charge is 0.481 e. The zero-order valence-corrected chi connectivity index (χ0v) is 35.5. The maximum absolute atomic E-state index is 12.6. The third-order valence-electron chi connectivity index (χ3n) is 7.47. The van der Waals surface area contributed by atoms with Crippen LogP contribution < -0.4 is 16.4 Å². The zero-order valence-electron chi connectivity index (χ0n) is 30.0. The third kappa shape index (κ3) is 14.7. The number of carbonyl (C=O) groups excluding carboxylic acids is 3. The molecular formula is C25H40N7NaO19P3S. The number of carboxylic acid groups (broad SMARTS) is 1. The number of carbonyl (C=O) groups is 4. The van der Waals surface area contributed by atoms with Crippen LogP contribution >= 0.6 is 35.2 Å². The Kier molecular flexibility index (Phi) is 18.7. The Labute approximate surface area is 343 Å². The molecule has 0 bridgehead atoms. The number of amides is 2. The first kappa shape index (κ1) is 50.2. The number of nitrogens with zero attached hydrogens (tertiary/aromatic N) is 4. The number of anilines is 1. The van der Waals surface area contributed by atoms with E-state index < -0.39 is 102 Å². The van der Waals surface area contributed by atoms with E-state index in [9.17, 15) is 62.7 Å². The summed E-state index contributed by atoms with van der Waals surface area (Å²) in [6.07, 6.45) is -7.13. The summed E-state index contributed by atoms with van der Waals surface area (Å²) in [7, 11) is -16.4. The number of hydrogen-bond acceptors (Lipinski definition) is 19. The van der Waals surface area contributed by atoms with E-state index in [2.05, 4.69) is 34.4 Å². The SMILES string of the molecule is CC(C(=O)O)C(=O)SCCNC(=O)CCNC(=O)C(O)C(C)(C)COP(=O)(O)OP(=O)(O)OCC1OC(n2cnc3c(N)ncnc32)C(O)C1OP(=O)(O)O.[Na]. The number of nitrogens with two attached hydrogens (primary N) is 1. The first-order valence-electron chi connectivity index (χ1n) is 15.6. The number of carboxylic acids is 1. The van der Waals surface area contributed by atoms with Crippen molar-refractivity contribution in [2.24, 2.45) is 11.3 Å². The zero-order chi connectivity index (χ0) is 41.5. The molecule has 0 spiro atoms. The van der Waals surface area contributed by atoms with E-state index in [1.807, 2.05) is 0 Å². The van der Waals surface area contributed by atoms with Gasteiger partial charge in [-0.15, -0.1) is 0 Å². The van der Waals surface area contributed by atoms with Gasteiger partial charge in [0.15, 0.2) is 17.7 Å². The maximum Gasteiger partial charge on any atom is 0.481 e. The summed E-state index contributed by atoms with van der Waals surface area (Å²) < 4.78 is 61.9. The minimum absolute atomic E-state index is 0. The van der Waals surface area contributed by atoms with E-state index in [1.54, 1.807) is 0 Å². The number of thioether (sulfide) groups is 1. The van der Waals surface area contributed by atoms with Gasteiger partial charge in [-0.3, -0.25) is 37.3 Å². The van der Waals surface area contributed by atoms with Crippen LogP contribution in [0.2, 0.25) is 0 Å². The molecule has 2 aromatic heterocycles. The topological polar surface area (TPSA) is 401 Å². The number of phosphoric ester groups is 3. The number of nitrogens with one attached hydrogen (secondary N) is 2. The summed E-state index contributed by atoms with van der Waals surface area (Å²) in [5.74, 6) is -4.01. The normalized spacial score (nSPS) is 21.9. The fourth-order valence-electron chi connectivity index (χ4n) is 4.51. The van der Waals surface area contributed by atoms with Gasteiger partial charge in [-0.1, -0.05) is 25.6 Å². The Morgan fingerprint density at radius 1 is 1.05 bits per heavy atom. The van der Waals surface area contributed by atoms with Crippen LogP contribution in [0.25, 0.3) is 11.2 Å². The predicted molar refractivity (Wildman–Crippen MR) is 190 cm³/mol. The van der Waals surface area contributed by atoms with Crippen molar-refractivity contribution in [2.75, 3.05) is 37.8 Å². The van der Waals surface area contributed by atoms with Gasteiger partial charge in [-0.25, -0.2) is 28.6 Å². The van der Waals surface area contributed by atoms with Crippen LogP contribution in [0, 0.1) is 11.3 Å². The Balaban J connectivity index is 0.0000108. The first-order valence-corrected chi connectivity index (χ1v) is 21.1. The largest absolute Gasteiger partial charge is 0.481 e. The molecule has 311 valence electrons. The fraction of sp³-hybridized carbons (Fsp3) is 0.640. The number of nitrogen functional groups attached to an aromatic ring is 1. The molecule has 2 amide bonds. The summed E-state index contributed by atoms with van der Waals surface area (Å²) in [6.45, 7) is 1.35. The van der Waals surface area contributed by atoms with E-state index in [0.29, 0.717) is 0 Å². The van der Waals surface area contributed by atoms with Crippen LogP contribution in [0.3, 0.4) is 0 Å². The molecule has 3 heterocycles. The number of imidazole rings is 1. The van der Waals surface area contributed by atoms with Crippen molar-refractivity contribution in [3.63, 3.8) is 0 Å². The van der Waals surface area contributed by atoms with Crippen LogP contribution in [-0.4, -0.2) is 163 Å². The molecule has 0 aliphatic carbocycles. The van der Waals surface area contributed by atoms with Crippen LogP contribution in [0.5, 0.6) is 0 Å². The fourth-order valence-corrected chi connectivity index (χ4v) is 8.09. The van der Waals surface area contributed by atoms with Gasteiger partial charge in [-0.05, 0) is 6.92 Å². The van der Waals surface area contributed by atoms with Gasteiger partial charge in [0, 0.05) is 60.2 Å². The van der Waals surface area contributed by atoms with Crippen molar-refractivity contribution in [1.82, 2.24) is 30.2 Å². The molecule has 1 saturated heterocycles. The monoisotopic (exact) mass is 890 g/mol. The van der Waals surface area contributed by atoms with Crippen molar-refractivity contribution >= 4 is 105 Å². The van der Waals surface area contributed by atoms with Crippen LogP contribution in [-0.2, 0) is 55.5 Å². The third-order valence-corrected chi connectivity index (χ3v) is 11.6. The Morgan fingerprint density at radius 2 is 1.70 bits per heavy atom. The molecule has 0 aromatic carbocycles. The molecule has 1 aliphatic heterocycles. The number of fused-ring (bicyclic) bond motifs is 1. The standard InChI is InChI=1S/C25H40N7O19P3S.Na/c1-12(23(37)38)24(39)55-7-6-27-14(33)4-5-28-21(36)18(35)25(2,3)9-48-54(45,46)51-53(43,44)47-8-13-17(50-52(40,41)42)16(34)22(49-13)32-11-31-15-19(26)29-10-30-20(15)32;/h10-13,16-18,22,34-35H,4-9H2,1-3H3,(H,27,33)(H,28,36)(H,37,38)(H,43,44)(H,45,46)(H2,26,29,30)(H2,40,41,42);. The molecule has 31 heteroatoms. The molecule has 56 heavy (non-hydrogen) atoms. The molecule has 1 aliphatic rings. The number of phosphoric acid groups is 3. The molecule has 1 radical (unpaired) electrons. The average molecular weight is 891 g/mol. The first-order chi connectivity index (χ1) is 25.3. The number of aliphatic carboxylic acids is 1. The molecule has 2 aromatic rings. The second-order valence-corrected chi connectivity index (χ2v) is 17.6. The predicted octanol–water partition coefficient (Wildman–Crippen LogP) is -2.00. The summed E-state index contributed by atoms with van der Waals surface area (Å²) in [5.41, 5.74) is 4.19. The van der Waals surface area contributed by atoms with Crippen molar-refractivity contribution in [2.45, 2.75) is 57.8 Å². The number of ether oxygens (including phenoxy) is 1. The van der Waals surface area contributed by atoms with Crippen molar-refractivity contribution < 1.29 is 90.4 Å². The van der Waals surface area contributed by atoms with Gasteiger partial charge >= 0.3 is 29.4 Å². The van der Waals surface area contributed by atoms with E-state index in [1.165, 1.54) is 20.8 Å². The quantitative estimate of drug-likeness (QED) is 0.0280. The summed E-state index contributed by atoms with van der Waals surface area (Å²) in [5, 5.41) is 34.3. The Hall–Kier alpha value is -1.97. The number of hydrogen-bond donors (Lipinski definition) is 10. The number of rotatable bonds is 21. The molecule has 8 atom stereocenters. The van der Waals surface area contributed by atoms with Gasteiger partial charge in [0.25, 0.3) is 0 Å². The Morgan fingerprint density at radius 3 is 2.32 bits per heavy atom. The van der Waals surface area contributed by atoms with Gasteiger partial charge in [0.05, 0.1) is 19.5 Å². The van der Waals surface area contributed by atoms with Gasteiger partial charge < -0.3 is 56.0 Å². The molecule has 3 rings (SSSR count). The molecule has 11 N–H and O–H groups in total. The van der Waals surface area contributed by atoms with E-state index in [4.69, 9.17) is 24.6 Å². The molecule has 0 saturated carbocycles. The van der Waals surface area contributed by atoms with Crippen molar-refractivity contribution in [3.05, 3.63) is 12.7 Å². The summed E-state index contributed by atoms with van der Waals surface area (Å²) in [4.78, 5) is 97.8. The number of aromatic nitrogens is 4. The van der Waals surface area contributed by atoms with Crippen LogP contribution in [0.15, 0.2) is 12.7 Å². The van der Waals surface area contributed by atoms with Crippen molar-refractivity contribution in [1.29, 1.82) is 0 Å². The minimum Gasteiger partial charge on any atom is -0.481 e. The van der Waals surface area contributed by atoms with Crippen molar-refractivity contribution in [3.8, 4) is 0 Å². The van der Waals surface area contributed by atoms with E-state index >= 15 is 0 Å². The number of aliphatic hydroxyl groups is 2. The average Bonchev–Trinajstić information content (AvgIpc) is 3.64. The van der Waals surface area contributed by atoms with Gasteiger partial charge in [0.2, 0.25) is 16.9 Å². The molecular weight excluding hydrogens is 850 g/mol. The van der Waals surface area contributed by atoms with Gasteiger partial charge in [-0.2, -0.15) is 4.31 Å². The maximum atomic E-state index is 12.6. The Bertz CT molecular complexity index is 1870. The van der Waals surface area contributed by atoms with Crippen LogP contribution in [0.4, 0.5) is 5.82 Å². The second-order valence-electron chi connectivity index (χ2n) is 12.3. The molecule has 26 nitrogen and oxygen atoms in total. The summed E-state index contributed by atoms with van der Waals surface area (Å²) >= 11 is 0.726. The molecule has 8 unspecified atom stereocenters. The minimum atomic E-state index is -5.59. The van der Waals surface area contributed by atoms with Crippen LogP contribution in [0.1, 0.15) is 33.4 Å². The van der Waals surface area contributed by atoms with E-state index in [0.717, 1.165) is 29.0 Å². The van der Waals surface area contributed by atoms with Gasteiger partial charge in [0.1, 0.15) is 42.2 Å². The summed E-state index contributed by atoms with van der Waals surface area (Å²) in [6, 6.07) is 0. The second kappa shape index (κ2) is 20.8. The van der Waals surface area contributed by atoms with E-state index in [-0.39, 0.29) is 71.8 Å². The number of aliphatic hydroxyl groups excluding tert-OH is 2. The molecule has 1 fully saturated rings.